The molecule has 28 heavy (non-hydrogen) atoms. The summed E-state index contributed by atoms with van der Waals surface area (Å²) in [6, 6.07) is 7.63. The second-order valence-corrected chi connectivity index (χ2v) is 7.52. The first-order valence-electron chi connectivity index (χ1n) is 9.42. The molecular formula is C21H24FN3O3. The van der Waals surface area contributed by atoms with E-state index in [1.807, 2.05) is 24.3 Å². The molecule has 0 aromatic heterocycles. The molecule has 0 spiro atoms. The number of hydrogen-bond donors (Lipinski definition) is 1. The van der Waals surface area contributed by atoms with E-state index in [2.05, 4.69) is 4.90 Å². The molecule has 0 fully saturated rings. The van der Waals surface area contributed by atoms with Gasteiger partial charge in [-0.15, -0.1) is 0 Å². The zero-order valence-electron chi connectivity index (χ0n) is 16.1. The minimum atomic E-state index is -0.397. The minimum absolute atomic E-state index is 0.110. The number of allylic oxidation sites excluding steroid dienone is 2. The Hall–Kier alpha value is -2.64. The summed E-state index contributed by atoms with van der Waals surface area (Å²) in [5, 5.41) is 12.3. The van der Waals surface area contributed by atoms with Crippen molar-refractivity contribution in [2.75, 3.05) is 38.7 Å². The van der Waals surface area contributed by atoms with Gasteiger partial charge in [0.15, 0.2) is 0 Å². The second kappa shape index (κ2) is 7.41. The highest BCUT2D eigenvalue weighted by Crippen LogP contribution is 2.34. The van der Waals surface area contributed by atoms with Crippen LogP contribution >= 0.6 is 0 Å². The number of nitrogens with one attached hydrogen (secondary N) is 1. The number of quaternary nitrogens is 1. The van der Waals surface area contributed by atoms with E-state index in [1.54, 1.807) is 13.1 Å². The summed E-state index contributed by atoms with van der Waals surface area (Å²) >= 11 is 0. The molecule has 1 aliphatic carbocycles. The van der Waals surface area contributed by atoms with Crippen LogP contribution < -0.4 is 9.96 Å². The molecule has 7 heteroatoms. The van der Waals surface area contributed by atoms with E-state index in [4.69, 9.17) is 4.74 Å². The van der Waals surface area contributed by atoms with Gasteiger partial charge in [0, 0.05) is 44.0 Å². The van der Waals surface area contributed by atoms with E-state index in [9.17, 15) is 14.4 Å². The maximum absolute atomic E-state index is 14.1. The van der Waals surface area contributed by atoms with Crippen molar-refractivity contribution in [3.8, 4) is 0 Å². The van der Waals surface area contributed by atoms with E-state index in [1.165, 1.54) is 18.1 Å². The molecule has 4 rings (SSSR count). The van der Waals surface area contributed by atoms with E-state index in [-0.39, 0.29) is 17.0 Å². The fraction of sp³-hybridized carbons (Fsp3) is 0.381. The third-order valence-corrected chi connectivity index (χ3v) is 5.66. The van der Waals surface area contributed by atoms with Gasteiger partial charge in [-0.1, -0.05) is 12.1 Å². The van der Waals surface area contributed by atoms with E-state index in [0.29, 0.717) is 19.6 Å². The van der Waals surface area contributed by atoms with Crippen molar-refractivity contribution in [1.82, 2.24) is 4.90 Å². The van der Waals surface area contributed by atoms with Crippen LogP contribution in [0, 0.1) is 5.21 Å². The average molecular weight is 385 g/mol. The number of rotatable bonds is 3. The van der Waals surface area contributed by atoms with Gasteiger partial charge in [-0.2, -0.15) is 0 Å². The lowest BCUT2D eigenvalue weighted by Gasteiger charge is -2.30. The highest BCUT2D eigenvalue weighted by molar-refractivity contribution is 5.67. The molecule has 1 aromatic rings. The van der Waals surface area contributed by atoms with E-state index >= 15 is 0 Å². The van der Waals surface area contributed by atoms with Crippen LogP contribution in [-0.2, 0) is 11.3 Å². The zero-order chi connectivity index (χ0) is 19.8. The maximum Gasteiger partial charge on any atom is 0.409 e. The quantitative estimate of drug-likeness (QED) is 0.808. The van der Waals surface area contributed by atoms with E-state index < -0.39 is 6.04 Å². The van der Waals surface area contributed by atoms with Crippen molar-refractivity contribution in [2.24, 2.45) is 0 Å². The summed E-state index contributed by atoms with van der Waals surface area (Å²) in [6.07, 6.45) is 3.47. The molecule has 148 valence electrons. The Morgan fingerprint density at radius 2 is 2.14 bits per heavy atom. The zero-order valence-corrected chi connectivity index (χ0v) is 16.1. The Morgan fingerprint density at radius 1 is 1.39 bits per heavy atom. The van der Waals surface area contributed by atoms with Crippen LogP contribution in [0.3, 0.4) is 0 Å². The van der Waals surface area contributed by atoms with Gasteiger partial charge in [0.25, 0.3) is 0 Å². The Bertz CT molecular complexity index is 875. The molecule has 0 saturated carbocycles. The Labute approximate surface area is 163 Å². The number of methoxy groups -OCH3 is 1. The molecule has 2 unspecified atom stereocenters. The molecule has 0 radical (unpaired) electrons. The number of hydroxylamine groups is 2. The average Bonchev–Trinajstić information content (AvgIpc) is 2.89. The monoisotopic (exact) mass is 385 g/mol. The lowest BCUT2D eigenvalue weighted by molar-refractivity contribution is -0.850. The molecular weight excluding hydrogens is 361 g/mol. The van der Waals surface area contributed by atoms with Crippen LogP contribution in [0.15, 0.2) is 59.0 Å². The molecule has 1 aromatic carbocycles. The number of carbonyl (C=O) groups is 1. The Balaban J connectivity index is 1.51. The van der Waals surface area contributed by atoms with Gasteiger partial charge in [-0.3, -0.25) is 0 Å². The van der Waals surface area contributed by atoms with Crippen molar-refractivity contribution >= 4 is 11.8 Å². The standard InChI is InChI=1S/C21H24FN3O3/c1-23(21(26)28-2)11-14-3-5-18(6-4-14)24-8-7-15-13-25(27)19-10-17(22)9-16(12-24)20(15)19/h3-6,9-10,19,25H,7-8,11-13H2,1-2H3. The molecule has 6 nitrogen and oxygen atoms in total. The summed E-state index contributed by atoms with van der Waals surface area (Å²) in [5.74, 6) is -0.318. The number of anilines is 1. The van der Waals surface area contributed by atoms with Gasteiger partial charge >= 0.3 is 6.09 Å². The normalized spacial score (nSPS) is 23.6. The van der Waals surface area contributed by atoms with Gasteiger partial charge in [0.2, 0.25) is 0 Å². The Morgan fingerprint density at radius 3 is 2.86 bits per heavy atom. The topological polar surface area (TPSA) is 60.3 Å². The predicted molar refractivity (Wildman–Crippen MR) is 104 cm³/mol. The lowest BCUT2D eigenvalue weighted by Crippen LogP contribution is -3.09. The van der Waals surface area contributed by atoms with Crippen molar-refractivity contribution in [1.29, 1.82) is 0 Å². The Kier molecular flexibility index (Phi) is 4.95. The molecule has 2 aliphatic heterocycles. The number of halogens is 1. The molecule has 1 amide bonds. The SMILES string of the molecule is COC(=O)N(C)Cc1ccc(N2CCC3=C4C(=CC(F)=CC4[NH+]([O-])C3)C2)cc1. The number of benzene rings is 1. The van der Waals surface area contributed by atoms with Crippen molar-refractivity contribution < 1.29 is 19.0 Å². The number of amides is 1. The summed E-state index contributed by atoms with van der Waals surface area (Å²) in [5.41, 5.74) is 5.17. The van der Waals surface area contributed by atoms with Gasteiger partial charge in [-0.05, 0) is 41.3 Å². The first-order valence-corrected chi connectivity index (χ1v) is 9.42. The van der Waals surface area contributed by atoms with Crippen LogP contribution in [-0.4, -0.2) is 50.8 Å². The van der Waals surface area contributed by atoms with Crippen LogP contribution in [0.5, 0.6) is 0 Å². The maximum atomic E-state index is 14.1. The minimum Gasteiger partial charge on any atom is -0.633 e. The summed E-state index contributed by atoms with van der Waals surface area (Å²) in [7, 11) is 3.06. The van der Waals surface area contributed by atoms with E-state index in [0.717, 1.165) is 40.9 Å². The number of ether oxygens (including phenoxy) is 1. The third kappa shape index (κ3) is 3.43. The van der Waals surface area contributed by atoms with Gasteiger partial charge in [-0.25, -0.2) is 9.18 Å². The molecule has 0 bridgehead atoms. The van der Waals surface area contributed by atoms with Crippen molar-refractivity contribution in [3.05, 3.63) is 69.7 Å². The summed E-state index contributed by atoms with van der Waals surface area (Å²) < 4.78 is 18.8. The first kappa shape index (κ1) is 18.7. The fourth-order valence-corrected chi connectivity index (χ4v) is 4.29. The molecule has 0 saturated heterocycles. The predicted octanol–water partition coefficient (Wildman–Crippen LogP) is 1.95. The van der Waals surface area contributed by atoms with Gasteiger partial charge in [0.1, 0.15) is 18.4 Å². The molecule has 1 N–H and O–H groups in total. The molecule has 3 aliphatic rings. The van der Waals surface area contributed by atoms with Gasteiger partial charge < -0.3 is 24.8 Å². The third-order valence-electron chi connectivity index (χ3n) is 5.66. The van der Waals surface area contributed by atoms with Crippen LogP contribution in [0.4, 0.5) is 14.9 Å². The lowest BCUT2D eigenvalue weighted by atomic mass is 9.92. The highest BCUT2D eigenvalue weighted by atomic mass is 19.1. The fourth-order valence-electron chi connectivity index (χ4n) is 4.29. The number of carbonyl (C=O) groups excluding carboxylic acids is 1. The number of nitrogens with zero attached hydrogens (tertiary/aromatic N) is 2. The largest absolute Gasteiger partial charge is 0.633 e. The number of hydrogen-bond acceptors (Lipinski definition) is 4. The van der Waals surface area contributed by atoms with Crippen molar-refractivity contribution in [3.63, 3.8) is 0 Å². The van der Waals surface area contributed by atoms with Crippen LogP contribution in [0.2, 0.25) is 0 Å². The summed E-state index contributed by atoms with van der Waals surface area (Å²) in [6.45, 7) is 2.28. The van der Waals surface area contributed by atoms with Crippen LogP contribution in [0.1, 0.15) is 12.0 Å². The molecule has 2 heterocycles. The second-order valence-electron chi connectivity index (χ2n) is 7.52. The van der Waals surface area contributed by atoms with Crippen molar-refractivity contribution in [2.45, 2.75) is 19.0 Å². The summed E-state index contributed by atoms with van der Waals surface area (Å²) in [4.78, 5) is 15.3. The van der Waals surface area contributed by atoms with Gasteiger partial charge in [0.05, 0.1) is 7.11 Å². The molecule has 2 atom stereocenters. The first-order chi connectivity index (χ1) is 13.5. The smallest absolute Gasteiger partial charge is 0.409 e. The highest BCUT2D eigenvalue weighted by Gasteiger charge is 2.37. The van der Waals surface area contributed by atoms with Crippen LogP contribution in [0.25, 0.3) is 0 Å².